The minimum atomic E-state index is 0.119. The maximum Gasteiger partial charge on any atom is 0.227 e. The van der Waals surface area contributed by atoms with Gasteiger partial charge in [-0.15, -0.1) is 0 Å². The van der Waals surface area contributed by atoms with Crippen LogP contribution in [0.5, 0.6) is 5.75 Å². The van der Waals surface area contributed by atoms with Crippen molar-refractivity contribution in [1.29, 1.82) is 0 Å². The van der Waals surface area contributed by atoms with Crippen LogP contribution in [0.15, 0.2) is 54.6 Å². The van der Waals surface area contributed by atoms with Gasteiger partial charge in [0.1, 0.15) is 5.75 Å². The number of hydrogen-bond acceptors (Lipinski definition) is 3. The van der Waals surface area contributed by atoms with Crippen molar-refractivity contribution in [1.82, 2.24) is 4.90 Å². The van der Waals surface area contributed by atoms with Crippen molar-refractivity contribution < 1.29 is 14.3 Å². The molecule has 0 saturated carbocycles. The summed E-state index contributed by atoms with van der Waals surface area (Å²) in [4.78, 5) is 14.5. The summed E-state index contributed by atoms with van der Waals surface area (Å²) in [5, 5.41) is 0. The molecule has 2 aromatic rings. The Labute approximate surface area is 149 Å². The number of methoxy groups -OCH3 is 1. The molecule has 4 nitrogen and oxygen atoms in total. The van der Waals surface area contributed by atoms with Crippen LogP contribution in [0.1, 0.15) is 17.5 Å². The lowest BCUT2D eigenvalue weighted by atomic mass is 10.1. The fourth-order valence-corrected chi connectivity index (χ4v) is 3.12. The molecule has 1 heterocycles. The normalized spacial score (nSPS) is 17.3. The van der Waals surface area contributed by atoms with Crippen molar-refractivity contribution in [3.05, 3.63) is 65.7 Å². The molecule has 132 valence electrons. The molecule has 1 fully saturated rings. The van der Waals surface area contributed by atoms with Gasteiger partial charge < -0.3 is 14.4 Å². The number of hydrogen-bond donors (Lipinski definition) is 0. The number of ether oxygens (including phenoxy) is 2. The van der Waals surface area contributed by atoms with Gasteiger partial charge in [0.25, 0.3) is 0 Å². The Hall–Kier alpha value is -2.33. The van der Waals surface area contributed by atoms with Crippen LogP contribution in [-0.2, 0) is 22.4 Å². The number of carbonyl (C=O) groups is 1. The fraction of sp³-hybridized carbons (Fsp3) is 0.381. The summed E-state index contributed by atoms with van der Waals surface area (Å²) < 4.78 is 11.0. The highest BCUT2D eigenvalue weighted by molar-refractivity contribution is 5.79. The van der Waals surface area contributed by atoms with Gasteiger partial charge in [-0.2, -0.15) is 0 Å². The van der Waals surface area contributed by atoms with E-state index in [9.17, 15) is 4.79 Å². The van der Waals surface area contributed by atoms with E-state index in [1.807, 2.05) is 35.2 Å². The van der Waals surface area contributed by atoms with Gasteiger partial charge in [-0.1, -0.05) is 42.5 Å². The average Bonchev–Trinajstić information content (AvgIpc) is 2.68. The van der Waals surface area contributed by atoms with Crippen LogP contribution in [0.2, 0.25) is 0 Å². The van der Waals surface area contributed by atoms with Crippen molar-refractivity contribution in [3.8, 4) is 5.75 Å². The number of carbonyl (C=O) groups excluding carboxylic acids is 1. The molecule has 2 aromatic carbocycles. The first-order valence-corrected chi connectivity index (χ1v) is 8.81. The minimum absolute atomic E-state index is 0.119. The summed E-state index contributed by atoms with van der Waals surface area (Å²) in [5.74, 6) is 0.974. The van der Waals surface area contributed by atoms with E-state index in [-0.39, 0.29) is 12.0 Å². The van der Waals surface area contributed by atoms with Crippen molar-refractivity contribution in [2.24, 2.45) is 0 Å². The molecule has 0 N–H and O–H groups in total. The molecule has 0 aromatic heterocycles. The van der Waals surface area contributed by atoms with Crippen LogP contribution in [0.3, 0.4) is 0 Å². The molecule has 0 radical (unpaired) electrons. The number of rotatable bonds is 6. The van der Waals surface area contributed by atoms with Crippen molar-refractivity contribution >= 4 is 5.91 Å². The number of aryl methyl sites for hydroxylation is 1. The molecule has 0 bridgehead atoms. The molecule has 1 atom stereocenters. The average molecular weight is 339 g/mol. The highest BCUT2D eigenvalue weighted by atomic mass is 16.5. The van der Waals surface area contributed by atoms with Crippen LogP contribution in [-0.4, -0.2) is 43.7 Å². The van der Waals surface area contributed by atoms with Gasteiger partial charge in [-0.25, -0.2) is 0 Å². The second-order valence-corrected chi connectivity index (χ2v) is 6.38. The zero-order chi connectivity index (χ0) is 17.5. The monoisotopic (exact) mass is 339 g/mol. The van der Waals surface area contributed by atoms with Crippen LogP contribution in [0.25, 0.3) is 0 Å². The minimum Gasteiger partial charge on any atom is -0.497 e. The summed E-state index contributed by atoms with van der Waals surface area (Å²) in [5.41, 5.74) is 2.32. The van der Waals surface area contributed by atoms with E-state index in [0.29, 0.717) is 26.1 Å². The predicted octanol–water partition coefficient (Wildman–Crippen LogP) is 3.10. The van der Waals surface area contributed by atoms with Crippen LogP contribution < -0.4 is 4.74 Å². The number of benzene rings is 2. The molecule has 1 aliphatic rings. The lowest BCUT2D eigenvalue weighted by Crippen LogP contribution is -2.46. The maximum absolute atomic E-state index is 12.6. The molecule has 3 rings (SSSR count). The molecule has 25 heavy (non-hydrogen) atoms. The summed E-state index contributed by atoms with van der Waals surface area (Å²) in [6.07, 6.45) is 2.46. The van der Waals surface area contributed by atoms with E-state index in [1.165, 1.54) is 5.56 Å². The third kappa shape index (κ3) is 5.07. The first-order valence-electron chi connectivity index (χ1n) is 8.81. The van der Waals surface area contributed by atoms with Crippen molar-refractivity contribution in [2.75, 3.05) is 26.8 Å². The highest BCUT2D eigenvalue weighted by Crippen LogP contribution is 2.16. The largest absolute Gasteiger partial charge is 0.497 e. The Kier molecular flexibility index (Phi) is 6.07. The van der Waals surface area contributed by atoms with Gasteiger partial charge in [-0.3, -0.25) is 4.79 Å². The standard InChI is InChI=1S/C21H25NO3/c1-24-19-10-8-18(9-11-19)15-21(23)22-13-14-25-20(16-22)12-7-17-5-3-2-4-6-17/h2-6,8-11,20H,7,12-16H2,1H3. The predicted molar refractivity (Wildman–Crippen MR) is 97.8 cm³/mol. The molecule has 0 spiro atoms. The van der Waals surface area contributed by atoms with Crippen molar-refractivity contribution in [2.45, 2.75) is 25.4 Å². The van der Waals surface area contributed by atoms with Gasteiger partial charge in [0.15, 0.2) is 0 Å². The topological polar surface area (TPSA) is 38.8 Å². The zero-order valence-corrected chi connectivity index (χ0v) is 14.7. The van der Waals surface area contributed by atoms with E-state index in [4.69, 9.17) is 9.47 Å². The van der Waals surface area contributed by atoms with E-state index < -0.39 is 0 Å². The van der Waals surface area contributed by atoms with E-state index in [1.54, 1.807) is 7.11 Å². The lowest BCUT2D eigenvalue weighted by molar-refractivity contribution is -0.138. The first kappa shape index (κ1) is 17.5. The highest BCUT2D eigenvalue weighted by Gasteiger charge is 2.24. The Morgan fingerprint density at radius 1 is 1.12 bits per heavy atom. The van der Waals surface area contributed by atoms with Gasteiger partial charge >= 0.3 is 0 Å². The van der Waals surface area contributed by atoms with Crippen LogP contribution in [0.4, 0.5) is 0 Å². The van der Waals surface area contributed by atoms with Gasteiger partial charge in [0.2, 0.25) is 5.91 Å². The third-order valence-corrected chi connectivity index (χ3v) is 4.60. The quantitative estimate of drug-likeness (QED) is 0.812. The fourth-order valence-electron chi connectivity index (χ4n) is 3.12. The van der Waals surface area contributed by atoms with E-state index in [2.05, 4.69) is 24.3 Å². The Morgan fingerprint density at radius 2 is 1.88 bits per heavy atom. The molecular weight excluding hydrogens is 314 g/mol. The maximum atomic E-state index is 12.6. The van der Waals surface area contributed by atoms with Crippen LogP contribution >= 0.6 is 0 Å². The molecule has 1 unspecified atom stereocenters. The number of amides is 1. The summed E-state index contributed by atoms with van der Waals surface area (Å²) in [6, 6.07) is 18.1. The molecule has 4 heteroatoms. The summed E-state index contributed by atoms with van der Waals surface area (Å²) in [6.45, 7) is 1.98. The summed E-state index contributed by atoms with van der Waals surface area (Å²) in [7, 11) is 1.64. The number of nitrogens with zero attached hydrogens (tertiary/aromatic N) is 1. The smallest absolute Gasteiger partial charge is 0.227 e. The number of morpholine rings is 1. The molecule has 1 saturated heterocycles. The SMILES string of the molecule is COc1ccc(CC(=O)N2CCOC(CCc3ccccc3)C2)cc1. The van der Waals surface area contributed by atoms with Crippen molar-refractivity contribution in [3.63, 3.8) is 0 Å². The zero-order valence-electron chi connectivity index (χ0n) is 14.7. The Morgan fingerprint density at radius 3 is 2.60 bits per heavy atom. The van der Waals surface area contributed by atoms with Gasteiger partial charge in [0, 0.05) is 13.1 Å². The lowest BCUT2D eigenvalue weighted by Gasteiger charge is -2.33. The first-order chi connectivity index (χ1) is 12.2. The van der Waals surface area contributed by atoms with Crippen LogP contribution in [0, 0.1) is 0 Å². The molecule has 0 aliphatic carbocycles. The van der Waals surface area contributed by atoms with Gasteiger partial charge in [0.05, 0.1) is 26.2 Å². The second-order valence-electron chi connectivity index (χ2n) is 6.38. The Bertz CT molecular complexity index is 669. The van der Waals surface area contributed by atoms with E-state index in [0.717, 1.165) is 24.2 Å². The van der Waals surface area contributed by atoms with Gasteiger partial charge in [-0.05, 0) is 36.1 Å². The Balaban J connectivity index is 1.50. The molecule has 1 amide bonds. The molecular formula is C21H25NO3. The molecule has 1 aliphatic heterocycles. The third-order valence-electron chi connectivity index (χ3n) is 4.60. The van der Waals surface area contributed by atoms with E-state index >= 15 is 0 Å². The summed E-state index contributed by atoms with van der Waals surface area (Å²) >= 11 is 0. The second kappa shape index (κ2) is 8.67.